The quantitative estimate of drug-likeness (QED) is 0.538. The lowest BCUT2D eigenvalue weighted by molar-refractivity contribution is -0.122. The summed E-state index contributed by atoms with van der Waals surface area (Å²) in [6.07, 6.45) is 3.83. The highest BCUT2D eigenvalue weighted by Crippen LogP contribution is 2.05. The van der Waals surface area contributed by atoms with E-state index in [1.807, 2.05) is 6.92 Å². The minimum Gasteiger partial charge on any atom is -0.381 e. The number of ether oxygens (including phenoxy) is 1. The third-order valence-electron chi connectivity index (χ3n) is 2.82. The summed E-state index contributed by atoms with van der Waals surface area (Å²) in [5, 5.41) is 5.59. The van der Waals surface area contributed by atoms with E-state index < -0.39 is 0 Å². The summed E-state index contributed by atoms with van der Waals surface area (Å²) in [5.74, 6) is 0.792. The van der Waals surface area contributed by atoms with E-state index in [0.717, 1.165) is 19.3 Å². The van der Waals surface area contributed by atoms with Crippen LogP contribution < -0.4 is 10.6 Å². The molecule has 0 aliphatic carbocycles. The van der Waals surface area contributed by atoms with Gasteiger partial charge in [-0.15, -0.1) is 0 Å². The molecule has 2 N–H and O–H groups in total. The molecule has 0 saturated heterocycles. The SMILES string of the molecule is CCNC(=O)CCOCCCNC(=O)CCCC(C)C. The van der Waals surface area contributed by atoms with E-state index in [-0.39, 0.29) is 11.8 Å². The normalized spacial score (nSPS) is 10.6. The topological polar surface area (TPSA) is 67.4 Å². The molecule has 118 valence electrons. The van der Waals surface area contributed by atoms with Gasteiger partial charge >= 0.3 is 0 Å². The van der Waals surface area contributed by atoms with Crippen molar-refractivity contribution in [2.75, 3.05) is 26.3 Å². The Kier molecular flexibility index (Phi) is 12.2. The van der Waals surface area contributed by atoms with Crippen LogP contribution >= 0.6 is 0 Å². The molecule has 0 atom stereocenters. The maximum Gasteiger partial charge on any atom is 0.222 e. The van der Waals surface area contributed by atoms with Crippen LogP contribution in [0, 0.1) is 5.92 Å². The Hall–Kier alpha value is -1.10. The summed E-state index contributed by atoms with van der Waals surface area (Å²) in [6.45, 7) is 8.53. The molecule has 0 bridgehead atoms. The van der Waals surface area contributed by atoms with E-state index in [9.17, 15) is 9.59 Å². The fourth-order valence-electron chi connectivity index (χ4n) is 1.71. The van der Waals surface area contributed by atoms with Crippen LogP contribution in [0.5, 0.6) is 0 Å². The van der Waals surface area contributed by atoms with Gasteiger partial charge in [-0.25, -0.2) is 0 Å². The number of hydrogen-bond donors (Lipinski definition) is 2. The van der Waals surface area contributed by atoms with Crippen LogP contribution in [-0.4, -0.2) is 38.1 Å². The summed E-state index contributed by atoms with van der Waals surface area (Å²) < 4.78 is 5.33. The number of rotatable bonds is 12. The van der Waals surface area contributed by atoms with Crippen molar-refractivity contribution >= 4 is 11.8 Å². The number of carbonyl (C=O) groups excluding carboxylic acids is 2. The predicted octanol–water partition coefficient (Wildman–Crippen LogP) is 1.86. The van der Waals surface area contributed by atoms with Gasteiger partial charge in [0.25, 0.3) is 0 Å². The molecule has 0 saturated carbocycles. The molecule has 5 nitrogen and oxygen atoms in total. The van der Waals surface area contributed by atoms with E-state index in [1.165, 1.54) is 0 Å². The Bertz CT molecular complexity index is 268. The third kappa shape index (κ3) is 13.3. The Labute approximate surface area is 122 Å². The summed E-state index contributed by atoms with van der Waals surface area (Å²) in [7, 11) is 0. The van der Waals surface area contributed by atoms with Gasteiger partial charge in [0.05, 0.1) is 6.61 Å². The third-order valence-corrected chi connectivity index (χ3v) is 2.82. The molecule has 0 aromatic heterocycles. The van der Waals surface area contributed by atoms with E-state index >= 15 is 0 Å². The zero-order valence-electron chi connectivity index (χ0n) is 13.2. The zero-order valence-corrected chi connectivity index (χ0v) is 13.2. The fourth-order valence-corrected chi connectivity index (χ4v) is 1.71. The first kappa shape index (κ1) is 18.9. The molecule has 0 radical (unpaired) electrons. The Morgan fingerprint density at radius 2 is 1.70 bits per heavy atom. The van der Waals surface area contributed by atoms with Crippen molar-refractivity contribution in [3.63, 3.8) is 0 Å². The lowest BCUT2D eigenvalue weighted by atomic mass is 10.1. The lowest BCUT2D eigenvalue weighted by Crippen LogP contribution is -2.25. The van der Waals surface area contributed by atoms with Crippen molar-refractivity contribution in [2.45, 2.75) is 52.9 Å². The lowest BCUT2D eigenvalue weighted by Gasteiger charge is -2.07. The number of carbonyl (C=O) groups is 2. The van der Waals surface area contributed by atoms with Crippen LogP contribution in [0.3, 0.4) is 0 Å². The first-order valence-electron chi connectivity index (χ1n) is 7.67. The van der Waals surface area contributed by atoms with Gasteiger partial charge in [-0.05, 0) is 25.7 Å². The van der Waals surface area contributed by atoms with Crippen LogP contribution in [0.4, 0.5) is 0 Å². The van der Waals surface area contributed by atoms with E-state index in [0.29, 0.717) is 45.1 Å². The molecule has 0 unspecified atom stereocenters. The highest BCUT2D eigenvalue weighted by Gasteiger charge is 2.02. The molecule has 0 rings (SSSR count). The molecule has 0 aliphatic heterocycles. The number of amides is 2. The minimum absolute atomic E-state index is 0.0194. The van der Waals surface area contributed by atoms with Gasteiger partial charge in [-0.1, -0.05) is 20.3 Å². The van der Waals surface area contributed by atoms with Gasteiger partial charge in [0.15, 0.2) is 0 Å². The van der Waals surface area contributed by atoms with E-state index in [2.05, 4.69) is 24.5 Å². The Balaban J connectivity index is 3.27. The average Bonchev–Trinajstić information content (AvgIpc) is 2.37. The van der Waals surface area contributed by atoms with E-state index in [4.69, 9.17) is 4.74 Å². The largest absolute Gasteiger partial charge is 0.381 e. The minimum atomic E-state index is 0.0194. The molecule has 0 heterocycles. The Morgan fingerprint density at radius 3 is 2.35 bits per heavy atom. The van der Waals surface area contributed by atoms with Crippen LogP contribution in [0.1, 0.15) is 52.9 Å². The summed E-state index contributed by atoms with van der Waals surface area (Å²) in [5.41, 5.74) is 0. The van der Waals surface area contributed by atoms with Gasteiger partial charge < -0.3 is 15.4 Å². The van der Waals surface area contributed by atoms with Crippen molar-refractivity contribution in [3.8, 4) is 0 Å². The van der Waals surface area contributed by atoms with Crippen molar-refractivity contribution in [2.24, 2.45) is 5.92 Å². The Morgan fingerprint density at radius 1 is 1.00 bits per heavy atom. The first-order valence-corrected chi connectivity index (χ1v) is 7.67. The van der Waals surface area contributed by atoms with Gasteiger partial charge in [-0.2, -0.15) is 0 Å². The van der Waals surface area contributed by atoms with Gasteiger partial charge in [-0.3, -0.25) is 9.59 Å². The maximum absolute atomic E-state index is 11.5. The van der Waals surface area contributed by atoms with Crippen molar-refractivity contribution < 1.29 is 14.3 Å². The molecule has 0 aromatic carbocycles. The summed E-state index contributed by atoms with van der Waals surface area (Å²) in [4.78, 5) is 22.6. The average molecular weight is 286 g/mol. The zero-order chi connectivity index (χ0) is 15.2. The molecular weight excluding hydrogens is 256 g/mol. The second-order valence-corrected chi connectivity index (χ2v) is 5.31. The molecule has 5 heteroatoms. The highest BCUT2D eigenvalue weighted by atomic mass is 16.5. The van der Waals surface area contributed by atoms with Crippen LogP contribution in [-0.2, 0) is 14.3 Å². The second-order valence-electron chi connectivity index (χ2n) is 5.31. The van der Waals surface area contributed by atoms with Crippen LogP contribution in [0.25, 0.3) is 0 Å². The second kappa shape index (κ2) is 12.9. The number of hydrogen-bond acceptors (Lipinski definition) is 3. The molecule has 0 aromatic rings. The smallest absolute Gasteiger partial charge is 0.222 e. The molecule has 2 amide bonds. The molecule has 0 fully saturated rings. The van der Waals surface area contributed by atoms with Gasteiger partial charge in [0.2, 0.25) is 11.8 Å². The maximum atomic E-state index is 11.5. The van der Waals surface area contributed by atoms with Crippen LogP contribution in [0.2, 0.25) is 0 Å². The monoisotopic (exact) mass is 286 g/mol. The predicted molar refractivity (Wildman–Crippen MR) is 80.4 cm³/mol. The standard InChI is InChI=1S/C15H30N2O3/c1-4-16-15(19)9-12-20-11-6-10-17-14(18)8-5-7-13(2)3/h13H,4-12H2,1-3H3,(H,16,19)(H,17,18). The van der Waals surface area contributed by atoms with Crippen molar-refractivity contribution in [1.29, 1.82) is 0 Å². The van der Waals surface area contributed by atoms with E-state index in [1.54, 1.807) is 0 Å². The summed E-state index contributed by atoms with van der Waals surface area (Å²) >= 11 is 0. The molecule has 20 heavy (non-hydrogen) atoms. The molecule has 0 spiro atoms. The first-order chi connectivity index (χ1) is 9.56. The number of nitrogens with one attached hydrogen (secondary N) is 2. The van der Waals surface area contributed by atoms with Gasteiger partial charge in [0.1, 0.15) is 0 Å². The van der Waals surface area contributed by atoms with Crippen LogP contribution in [0.15, 0.2) is 0 Å². The summed E-state index contributed by atoms with van der Waals surface area (Å²) in [6, 6.07) is 0. The fraction of sp³-hybridized carbons (Fsp3) is 0.867. The highest BCUT2D eigenvalue weighted by molar-refractivity contribution is 5.76. The van der Waals surface area contributed by atoms with Crippen molar-refractivity contribution in [3.05, 3.63) is 0 Å². The molecular formula is C15H30N2O3. The molecule has 0 aliphatic rings. The van der Waals surface area contributed by atoms with Gasteiger partial charge in [0, 0.05) is 32.5 Å². The van der Waals surface area contributed by atoms with Crippen molar-refractivity contribution in [1.82, 2.24) is 10.6 Å².